The van der Waals surface area contributed by atoms with E-state index in [0.29, 0.717) is 5.56 Å². The van der Waals surface area contributed by atoms with Crippen molar-refractivity contribution in [2.24, 2.45) is 0 Å². The third-order valence-electron chi connectivity index (χ3n) is 8.58. The summed E-state index contributed by atoms with van der Waals surface area (Å²) in [6.07, 6.45) is -6.02. The molecule has 2 N–H and O–H groups in total. The fraction of sp³-hybridized carbons (Fsp3) is 0.361. The summed E-state index contributed by atoms with van der Waals surface area (Å²) in [6.45, 7) is 1.51. The minimum Gasteiger partial charge on any atom is -0.455 e. The zero-order chi connectivity index (χ0) is 39.1. The van der Waals surface area contributed by atoms with Gasteiger partial charge in [-0.2, -0.15) is 13.2 Å². The zero-order valence-corrected chi connectivity index (χ0v) is 30.2. The molecule has 0 spiro atoms. The van der Waals surface area contributed by atoms with E-state index in [1.807, 2.05) is 5.32 Å². The minimum atomic E-state index is -4.95. The molecule has 1 fully saturated rings. The van der Waals surface area contributed by atoms with Crippen LogP contribution in [0.1, 0.15) is 47.9 Å². The SMILES string of the molecule is CNC(=O)c1c(-c2ccc(F)cc2)oc2cc(N(CCF)S(C)(=O)=O)c(-c3cccc(C(=O)N4CCC(NC(=O)OC(C)(C)C)(C(F)(F)F)C4)c3)cc12. The van der Waals surface area contributed by atoms with Gasteiger partial charge in [0.2, 0.25) is 10.0 Å². The van der Waals surface area contributed by atoms with Crippen LogP contribution in [0, 0.1) is 5.82 Å². The molecule has 0 radical (unpaired) electrons. The number of likely N-dealkylation sites (tertiary alicyclic amines) is 1. The summed E-state index contributed by atoms with van der Waals surface area (Å²) in [4.78, 5) is 40.4. The lowest BCUT2D eigenvalue weighted by Gasteiger charge is -2.33. The molecule has 0 aliphatic carbocycles. The number of alkyl carbamates (subject to hydrolysis) is 1. The van der Waals surface area contributed by atoms with Crippen molar-refractivity contribution in [3.63, 3.8) is 0 Å². The minimum absolute atomic E-state index is 0.0172. The van der Waals surface area contributed by atoms with Crippen LogP contribution in [-0.4, -0.2) is 88.2 Å². The molecular weight excluding hydrogens is 727 g/mol. The number of carbonyl (C=O) groups is 3. The lowest BCUT2D eigenvalue weighted by molar-refractivity contribution is -0.190. The van der Waals surface area contributed by atoms with E-state index in [2.05, 4.69) is 5.32 Å². The molecule has 4 aromatic rings. The number of furan rings is 1. The number of anilines is 1. The number of hydrogen-bond acceptors (Lipinski definition) is 7. The Bertz CT molecular complexity index is 2170. The molecule has 1 aliphatic rings. The lowest BCUT2D eigenvalue weighted by atomic mass is 9.97. The summed E-state index contributed by atoms with van der Waals surface area (Å²) in [5, 5.41) is 4.64. The molecule has 3 aromatic carbocycles. The molecule has 1 unspecified atom stereocenters. The number of alkyl halides is 4. The maximum absolute atomic E-state index is 14.4. The highest BCUT2D eigenvalue weighted by molar-refractivity contribution is 7.92. The molecule has 2 heterocycles. The largest absolute Gasteiger partial charge is 0.455 e. The van der Waals surface area contributed by atoms with Crippen molar-refractivity contribution in [1.29, 1.82) is 0 Å². The molecule has 0 saturated carbocycles. The molecule has 1 aliphatic heterocycles. The van der Waals surface area contributed by atoms with Gasteiger partial charge in [-0.1, -0.05) is 12.1 Å². The number of rotatable bonds is 9. The number of nitrogens with one attached hydrogen (secondary N) is 2. The molecule has 1 aromatic heterocycles. The molecular formula is C36H37F5N4O7S. The second-order valence-corrected chi connectivity index (χ2v) is 15.5. The number of carbonyl (C=O) groups excluding carboxylic acids is 3. The van der Waals surface area contributed by atoms with Gasteiger partial charge in [-0.3, -0.25) is 13.9 Å². The van der Waals surface area contributed by atoms with Crippen molar-refractivity contribution < 1.29 is 53.9 Å². The maximum Gasteiger partial charge on any atom is 0.413 e. The topological polar surface area (TPSA) is 138 Å². The van der Waals surface area contributed by atoms with Crippen LogP contribution < -0.4 is 14.9 Å². The number of sulfonamides is 1. The predicted octanol–water partition coefficient (Wildman–Crippen LogP) is 6.67. The average Bonchev–Trinajstić information content (AvgIpc) is 3.67. The van der Waals surface area contributed by atoms with E-state index >= 15 is 0 Å². The Kier molecular flexibility index (Phi) is 10.5. The lowest BCUT2D eigenvalue weighted by Crippen LogP contribution is -2.61. The summed E-state index contributed by atoms with van der Waals surface area (Å²) in [6, 6.07) is 13.5. The number of benzene rings is 3. The number of halogens is 5. The van der Waals surface area contributed by atoms with Gasteiger partial charge in [0.1, 0.15) is 29.4 Å². The smallest absolute Gasteiger partial charge is 0.413 e. The molecule has 53 heavy (non-hydrogen) atoms. The first-order valence-corrected chi connectivity index (χ1v) is 18.1. The van der Waals surface area contributed by atoms with Crippen LogP contribution in [0.5, 0.6) is 0 Å². The predicted molar refractivity (Wildman–Crippen MR) is 187 cm³/mol. The Morgan fingerprint density at radius 1 is 1.02 bits per heavy atom. The third kappa shape index (κ3) is 8.09. The van der Waals surface area contributed by atoms with Crippen LogP contribution >= 0.6 is 0 Å². The number of ether oxygens (including phenoxy) is 1. The van der Waals surface area contributed by atoms with Crippen molar-refractivity contribution in [1.82, 2.24) is 15.5 Å². The van der Waals surface area contributed by atoms with Crippen LogP contribution in [0.15, 0.2) is 65.1 Å². The van der Waals surface area contributed by atoms with E-state index in [4.69, 9.17) is 9.15 Å². The standard InChI is InChI=1S/C36H37F5N4O7S/c1-34(2,3)52-33(48)43-35(36(39,40)41)13-15-44(20-35)32(47)23-8-6-7-22(17-23)25-18-26-28(19-27(25)45(16-14-37)53(5,49)50)51-30(29(26)31(46)42-4)21-9-11-24(38)12-10-21/h6-12,17-19H,13-16,20H2,1-5H3,(H,42,46)(H,43,48). The Morgan fingerprint density at radius 3 is 2.28 bits per heavy atom. The Balaban J connectivity index is 1.63. The van der Waals surface area contributed by atoms with Gasteiger partial charge < -0.3 is 24.7 Å². The van der Waals surface area contributed by atoms with E-state index in [-0.39, 0.29) is 51.2 Å². The quantitative estimate of drug-likeness (QED) is 0.182. The van der Waals surface area contributed by atoms with Crippen LogP contribution in [-0.2, 0) is 14.8 Å². The van der Waals surface area contributed by atoms with Crippen LogP contribution in [0.3, 0.4) is 0 Å². The van der Waals surface area contributed by atoms with Gasteiger partial charge in [0.05, 0.1) is 30.6 Å². The Hall–Kier alpha value is -5.19. The fourth-order valence-corrected chi connectivity index (χ4v) is 7.06. The van der Waals surface area contributed by atoms with E-state index in [1.165, 1.54) is 76.3 Å². The van der Waals surface area contributed by atoms with Gasteiger partial charge in [-0.05, 0) is 75.2 Å². The first kappa shape index (κ1) is 39.0. The molecule has 1 saturated heterocycles. The first-order valence-electron chi connectivity index (χ1n) is 16.3. The van der Waals surface area contributed by atoms with Crippen molar-refractivity contribution in [2.45, 2.75) is 44.5 Å². The van der Waals surface area contributed by atoms with Crippen molar-refractivity contribution in [3.8, 4) is 22.5 Å². The summed E-state index contributed by atoms with van der Waals surface area (Å²) >= 11 is 0. The normalized spacial score (nSPS) is 16.5. The molecule has 17 heteroatoms. The zero-order valence-electron chi connectivity index (χ0n) is 29.4. The van der Waals surface area contributed by atoms with E-state index in [0.717, 1.165) is 27.6 Å². The van der Waals surface area contributed by atoms with Gasteiger partial charge in [0, 0.05) is 41.7 Å². The first-order chi connectivity index (χ1) is 24.7. The van der Waals surface area contributed by atoms with Crippen molar-refractivity contribution >= 4 is 44.6 Å². The van der Waals surface area contributed by atoms with Crippen LogP contribution in [0.25, 0.3) is 33.4 Å². The van der Waals surface area contributed by atoms with Crippen molar-refractivity contribution in [2.75, 3.05) is 43.9 Å². The molecule has 3 amide bonds. The number of amides is 3. The number of hydrogen-bond donors (Lipinski definition) is 2. The molecule has 5 rings (SSSR count). The molecule has 11 nitrogen and oxygen atoms in total. The maximum atomic E-state index is 14.4. The van der Waals surface area contributed by atoms with Gasteiger partial charge in [0.15, 0.2) is 5.54 Å². The molecule has 0 bridgehead atoms. The monoisotopic (exact) mass is 764 g/mol. The number of nitrogens with zero attached hydrogens (tertiary/aromatic N) is 2. The van der Waals surface area contributed by atoms with Crippen LogP contribution in [0.2, 0.25) is 0 Å². The highest BCUT2D eigenvalue weighted by Gasteiger charge is 2.60. The summed E-state index contributed by atoms with van der Waals surface area (Å²) in [5.74, 6) is -1.93. The highest BCUT2D eigenvalue weighted by atomic mass is 32.2. The fourth-order valence-electron chi connectivity index (χ4n) is 6.16. The van der Waals surface area contributed by atoms with E-state index in [1.54, 1.807) is 0 Å². The molecule has 284 valence electrons. The van der Waals surface area contributed by atoms with E-state index < -0.39 is 77.2 Å². The molecule has 1 atom stereocenters. The number of fused-ring (bicyclic) bond motifs is 1. The average molecular weight is 765 g/mol. The van der Waals surface area contributed by atoms with E-state index in [9.17, 15) is 44.8 Å². The summed E-state index contributed by atoms with van der Waals surface area (Å²) in [7, 11) is -2.77. The van der Waals surface area contributed by atoms with Gasteiger partial charge >= 0.3 is 12.3 Å². The highest BCUT2D eigenvalue weighted by Crippen LogP contribution is 2.43. The Labute approximate surface area is 302 Å². The van der Waals surface area contributed by atoms with Crippen LogP contribution in [0.4, 0.5) is 32.4 Å². The van der Waals surface area contributed by atoms with Gasteiger partial charge in [-0.25, -0.2) is 22.0 Å². The third-order valence-corrected chi connectivity index (χ3v) is 9.76. The van der Waals surface area contributed by atoms with Gasteiger partial charge in [0.25, 0.3) is 11.8 Å². The summed E-state index contributed by atoms with van der Waals surface area (Å²) < 4.78 is 109. The second kappa shape index (κ2) is 14.3. The second-order valence-electron chi connectivity index (χ2n) is 13.5. The Morgan fingerprint density at radius 2 is 1.70 bits per heavy atom. The summed E-state index contributed by atoms with van der Waals surface area (Å²) in [5.41, 5.74) is -3.35. The van der Waals surface area contributed by atoms with Crippen molar-refractivity contribution in [3.05, 3.63) is 77.6 Å². The van der Waals surface area contributed by atoms with Gasteiger partial charge in [-0.15, -0.1) is 0 Å².